The Labute approximate surface area is 205 Å². The van der Waals surface area contributed by atoms with Gasteiger partial charge in [0.15, 0.2) is 0 Å². The second-order valence-corrected chi connectivity index (χ2v) is 9.28. The van der Waals surface area contributed by atoms with Gasteiger partial charge in [0.1, 0.15) is 17.1 Å². The van der Waals surface area contributed by atoms with Crippen molar-refractivity contribution in [1.29, 1.82) is 0 Å². The van der Waals surface area contributed by atoms with Gasteiger partial charge in [-0.15, -0.1) is 0 Å². The third-order valence-corrected chi connectivity index (χ3v) is 6.83. The quantitative estimate of drug-likeness (QED) is 0.400. The number of benzene rings is 3. The lowest BCUT2D eigenvalue weighted by Crippen LogP contribution is -2.45. The largest absolute Gasteiger partial charge is 0.508 e. The Kier molecular flexibility index (Phi) is 6.57. The molecule has 3 aromatic carbocycles. The second-order valence-electron chi connectivity index (χ2n) is 9.28. The first-order valence-electron chi connectivity index (χ1n) is 12.1. The number of aryl methyl sites for hydroxylation is 2. The fourth-order valence-corrected chi connectivity index (χ4v) is 4.87. The van der Waals surface area contributed by atoms with Gasteiger partial charge in [0, 0.05) is 55.9 Å². The van der Waals surface area contributed by atoms with Crippen molar-refractivity contribution < 1.29 is 14.3 Å². The molecule has 1 aliphatic heterocycles. The van der Waals surface area contributed by atoms with Crippen LogP contribution in [0.3, 0.4) is 0 Å². The molecule has 0 spiro atoms. The van der Waals surface area contributed by atoms with Gasteiger partial charge in [-0.3, -0.25) is 14.6 Å². The highest BCUT2D eigenvalue weighted by Gasteiger charge is 2.25. The van der Waals surface area contributed by atoms with Crippen LogP contribution < -0.4 is 5.32 Å². The summed E-state index contributed by atoms with van der Waals surface area (Å²) in [6.45, 7) is 8.97. The lowest BCUT2D eigenvalue weighted by molar-refractivity contribution is 0.102. The van der Waals surface area contributed by atoms with Crippen LogP contribution in [0.2, 0.25) is 0 Å². The third-order valence-electron chi connectivity index (χ3n) is 6.83. The van der Waals surface area contributed by atoms with Crippen molar-refractivity contribution in [3.05, 3.63) is 94.7 Å². The minimum Gasteiger partial charge on any atom is -0.508 e. The van der Waals surface area contributed by atoms with Gasteiger partial charge in [0.05, 0.1) is 5.56 Å². The molecule has 1 aromatic heterocycles. The maximum Gasteiger partial charge on any atom is 0.259 e. The maximum atomic E-state index is 13.4. The van der Waals surface area contributed by atoms with Crippen LogP contribution in [0.25, 0.3) is 11.0 Å². The smallest absolute Gasteiger partial charge is 0.259 e. The number of phenolic OH excluding ortho intramolecular Hbond substituents is 1. The SMILES string of the molecule is Cc1ccccc1NC(=O)c1c(C)oc2ccc(O)c(CN3CCN(Cc4ccccc4)CC3)c12. The van der Waals surface area contributed by atoms with Gasteiger partial charge in [0.2, 0.25) is 0 Å². The first-order valence-corrected chi connectivity index (χ1v) is 12.1. The summed E-state index contributed by atoms with van der Waals surface area (Å²) in [7, 11) is 0. The molecule has 4 aromatic rings. The normalized spacial score (nSPS) is 14.9. The van der Waals surface area contributed by atoms with E-state index in [0.717, 1.165) is 49.5 Å². The fourth-order valence-electron chi connectivity index (χ4n) is 4.87. The zero-order valence-electron chi connectivity index (χ0n) is 20.3. The summed E-state index contributed by atoms with van der Waals surface area (Å²) < 4.78 is 5.96. The number of para-hydroxylation sites is 1. The number of amides is 1. The molecule has 2 N–H and O–H groups in total. The Bertz CT molecular complexity index is 1340. The molecule has 0 unspecified atom stereocenters. The summed E-state index contributed by atoms with van der Waals surface area (Å²) in [6, 6.07) is 21.6. The van der Waals surface area contributed by atoms with E-state index in [2.05, 4.69) is 39.4 Å². The molecule has 0 saturated carbocycles. The molecule has 1 aliphatic rings. The van der Waals surface area contributed by atoms with E-state index in [4.69, 9.17) is 4.42 Å². The lowest BCUT2D eigenvalue weighted by atomic mass is 10.0. The molecule has 1 fully saturated rings. The highest BCUT2D eigenvalue weighted by Crippen LogP contribution is 2.35. The predicted octanol–water partition coefficient (Wildman–Crippen LogP) is 5.33. The summed E-state index contributed by atoms with van der Waals surface area (Å²) in [5.74, 6) is 0.510. The van der Waals surface area contributed by atoms with Crippen molar-refractivity contribution in [2.45, 2.75) is 26.9 Å². The van der Waals surface area contributed by atoms with E-state index in [9.17, 15) is 9.90 Å². The fraction of sp³-hybridized carbons (Fsp3) is 0.276. The van der Waals surface area contributed by atoms with E-state index in [-0.39, 0.29) is 11.7 Å². The van der Waals surface area contributed by atoms with Gasteiger partial charge in [0.25, 0.3) is 5.91 Å². The van der Waals surface area contributed by atoms with Crippen LogP contribution in [0.15, 0.2) is 71.1 Å². The Morgan fingerprint density at radius 3 is 2.26 bits per heavy atom. The molecule has 180 valence electrons. The van der Waals surface area contributed by atoms with E-state index in [1.165, 1.54) is 5.56 Å². The minimum atomic E-state index is -0.227. The summed E-state index contributed by atoms with van der Waals surface area (Å²) in [4.78, 5) is 18.1. The Hall–Kier alpha value is -3.61. The number of hydrogen-bond acceptors (Lipinski definition) is 5. The number of phenols is 1. The second kappa shape index (κ2) is 9.94. The number of piperazine rings is 1. The number of furan rings is 1. The van der Waals surface area contributed by atoms with Gasteiger partial charge in [-0.05, 0) is 43.2 Å². The van der Waals surface area contributed by atoms with Crippen LogP contribution in [0, 0.1) is 13.8 Å². The number of hydrogen-bond donors (Lipinski definition) is 2. The van der Waals surface area contributed by atoms with E-state index in [1.54, 1.807) is 19.1 Å². The Morgan fingerprint density at radius 2 is 1.54 bits per heavy atom. The molecule has 1 amide bonds. The average molecular weight is 470 g/mol. The first kappa shape index (κ1) is 23.1. The number of anilines is 1. The van der Waals surface area contributed by atoms with E-state index in [0.29, 0.717) is 28.8 Å². The van der Waals surface area contributed by atoms with Crippen molar-refractivity contribution in [1.82, 2.24) is 9.80 Å². The number of aromatic hydroxyl groups is 1. The number of carbonyl (C=O) groups excluding carboxylic acids is 1. The van der Waals surface area contributed by atoms with Crippen molar-refractivity contribution >= 4 is 22.6 Å². The Balaban J connectivity index is 1.36. The molecular weight excluding hydrogens is 438 g/mol. The van der Waals surface area contributed by atoms with Crippen molar-refractivity contribution in [3.63, 3.8) is 0 Å². The van der Waals surface area contributed by atoms with Crippen LogP contribution in [0.4, 0.5) is 5.69 Å². The number of fused-ring (bicyclic) bond motifs is 1. The number of nitrogens with zero attached hydrogens (tertiary/aromatic N) is 2. The standard InChI is InChI=1S/C29H31N3O3/c1-20-8-6-7-11-24(20)30-29(34)27-21(2)35-26-13-12-25(33)23(28(26)27)19-32-16-14-31(15-17-32)18-22-9-4-3-5-10-22/h3-13,33H,14-19H2,1-2H3,(H,30,34). The molecule has 6 heteroatoms. The minimum absolute atomic E-state index is 0.190. The molecule has 2 heterocycles. The lowest BCUT2D eigenvalue weighted by Gasteiger charge is -2.35. The molecular formula is C29H31N3O3. The zero-order chi connectivity index (χ0) is 24.4. The molecule has 0 atom stereocenters. The van der Waals surface area contributed by atoms with Crippen molar-refractivity contribution in [2.24, 2.45) is 0 Å². The van der Waals surface area contributed by atoms with Crippen LogP contribution in [-0.2, 0) is 13.1 Å². The summed E-state index contributed by atoms with van der Waals surface area (Å²) >= 11 is 0. The first-order chi connectivity index (χ1) is 17.0. The van der Waals surface area contributed by atoms with Gasteiger partial charge in [-0.1, -0.05) is 48.5 Å². The molecule has 0 radical (unpaired) electrons. The Morgan fingerprint density at radius 1 is 0.886 bits per heavy atom. The highest BCUT2D eigenvalue weighted by molar-refractivity contribution is 6.14. The molecule has 35 heavy (non-hydrogen) atoms. The van der Waals surface area contributed by atoms with Crippen LogP contribution in [-0.4, -0.2) is 47.0 Å². The van der Waals surface area contributed by atoms with Gasteiger partial charge in [-0.25, -0.2) is 0 Å². The molecule has 1 saturated heterocycles. The number of carbonyl (C=O) groups is 1. The van der Waals surface area contributed by atoms with Crippen molar-refractivity contribution in [3.8, 4) is 5.75 Å². The average Bonchev–Trinajstić information content (AvgIpc) is 3.20. The maximum absolute atomic E-state index is 13.4. The number of nitrogens with one attached hydrogen (secondary N) is 1. The van der Waals surface area contributed by atoms with E-state index >= 15 is 0 Å². The van der Waals surface area contributed by atoms with E-state index in [1.807, 2.05) is 37.3 Å². The van der Waals surface area contributed by atoms with Crippen LogP contribution in [0.1, 0.15) is 32.8 Å². The van der Waals surface area contributed by atoms with Gasteiger partial charge >= 0.3 is 0 Å². The van der Waals surface area contributed by atoms with Crippen LogP contribution in [0.5, 0.6) is 5.75 Å². The van der Waals surface area contributed by atoms with Crippen LogP contribution >= 0.6 is 0 Å². The third kappa shape index (κ3) is 4.94. The molecule has 0 aliphatic carbocycles. The predicted molar refractivity (Wildman–Crippen MR) is 139 cm³/mol. The molecule has 0 bridgehead atoms. The molecule has 5 rings (SSSR count). The van der Waals surface area contributed by atoms with Gasteiger partial charge < -0.3 is 14.8 Å². The van der Waals surface area contributed by atoms with E-state index < -0.39 is 0 Å². The van der Waals surface area contributed by atoms with Gasteiger partial charge in [-0.2, -0.15) is 0 Å². The topological polar surface area (TPSA) is 68.9 Å². The zero-order valence-corrected chi connectivity index (χ0v) is 20.3. The monoisotopic (exact) mass is 469 g/mol. The molecule has 6 nitrogen and oxygen atoms in total. The summed E-state index contributed by atoms with van der Waals surface area (Å²) in [5.41, 5.74) is 4.92. The van der Waals surface area contributed by atoms with Crippen molar-refractivity contribution in [2.75, 3.05) is 31.5 Å². The number of rotatable bonds is 6. The summed E-state index contributed by atoms with van der Waals surface area (Å²) in [6.07, 6.45) is 0. The highest BCUT2D eigenvalue weighted by atomic mass is 16.3. The summed E-state index contributed by atoms with van der Waals surface area (Å²) in [5, 5.41) is 14.5.